The molecule has 4 rings (SSSR count). The molecule has 2 aromatic rings. The Morgan fingerprint density at radius 1 is 1.28 bits per heavy atom. The number of carbonyl (C=O) groups excluding carboxylic acids is 1. The molecule has 0 aliphatic carbocycles. The van der Waals surface area contributed by atoms with E-state index < -0.39 is 0 Å². The van der Waals surface area contributed by atoms with Gasteiger partial charge in [-0.15, -0.1) is 0 Å². The van der Waals surface area contributed by atoms with Crippen LogP contribution in [0.15, 0.2) is 16.7 Å². The largest absolute Gasteiger partial charge is 0.363 e. The minimum absolute atomic E-state index is 0.258. The van der Waals surface area contributed by atoms with Crippen molar-refractivity contribution in [3.8, 4) is 0 Å². The van der Waals surface area contributed by atoms with Crippen LogP contribution in [-0.4, -0.2) is 40.1 Å². The molecule has 1 unspecified atom stereocenters. The second kappa shape index (κ2) is 6.07. The van der Waals surface area contributed by atoms with Crippen molar-refractivity contribution in [1.82, 2.24) is 15.0 Å². The van der Waals surface area contributed by atoms with Crippen molar-refractivity contribution in [3.63, 3.8) is 0 Å². The number of piperidine rings is 1. The van der Waals surface area contributed by atoms with Crippen molar-refractivity contribution >= 4 is 23.1 Å². The Hall–Kier alpha value is -2.54. The van der Waals surface area contributed by atoms with E-state index in [-0.39, 0.29) is 17.8 Å². The summed E-state index contributed by atoms with van der Waals surface area (Å²) in [5.74, 6) is 0.933. The number of hydrogen-bond donors (Lipinski definition) is 1. The minimum Gasteiger partial charge on any atom is -0.363 e. The Morgan fingerprint density at radius 2 is 2.04 bits per heavy atom. The number of carbonyl (C=O) groups is 1. The van der Waals surface area contributed by atoms with E-state index in [1.807, 2.05) is 19.1 Å². The van der Waals surface area contributed by atoms with Gasteiger partial charge in [-0.3, -0.25) is 9.69 Å². The summed E-state index contributed by atoms with van der Waals surface area (Å²) in [7, 11) is 0. The second-order valence-electron chi connectivity index (χ2n) is 6.58. The topological polar surface area (TPSA) is 71.3 Å². The van der Waals surface area contributed by atoms with Crippen LogP contribution in [0, 0.1) is 19.7 Å². The maximum atomic E-state index is 14.5. The van der Waals surface area contributed by atoms with Crippen LogP contribution >= 0.6 is 0 Å². The SMILES string of the molecule is Cc1cc(F)c2c(c1)C=C(c1nc(C)no1)C(N1CCC(=O)CC1)N2. The van der Waals surface area contributed by atoms with Crippen molar-refractivity contribution in [2.75, 3.05) is 18.4 Å². The molecule has 0 amide bonds. The number of Topliss-reactive ketones (excluding diaryl/α,β-unsaturated/α-hetero) is 1. The molecule has 130 valence electrons. The van der Waals surface area contributed by atoms with E-state index in [2.05, 4.69) is 20.4 Å². The molecule has 1 saturated heterocycles. The summed E-state index contributed by atoms with van der Waals surface area (Å²) in [6, 6.07) is 3.43. The summed E-state index contributed by atoms with van der Waals surface area (Å²) >= 11 is 0. The Bertz CT molecular complexity index is 864. The molecular formula is C18H19FN4O2. The Kier molecular flexibility index (Phi) is 3.88. The summed E-state index contributed by atoms with van der Waals surface area (Å²) in [4.78, 5) is 18.0. The number of likely N-dealkylation sites (tertiary alicyclic amines) is 1. The maximum absolute atomic E-state index is 14.5. The first-order chi connectivity index (χ1) is 12.0. The number of anilines is 1. The van der Waals surface area contributed by atoms with Gasteiger partial charge in [-0.25, -0.2) is 4.39 Å². The zero-order valence-electron chi connectivity index (χ0n) is 14.2. The molecule has 1 fully saturated rings. The third kappa shape index (κ3) is 2.95. The van der Waals surface area contributed by atoms with Crippen molar-refractivity contribution < 1.29 is 13.7 Å². The number of aromatic nitrogens is 2. The van der Waals surface area contributed by atoms with E-state index in [0.29, 0.717) is 43.3 Å². The summed E-state index contributed by atoms with van der Waals surface area (Å²) in [6.07, 6.45) is 2.59. The average Bonchev–Trinajstić information content (AvgIpc) is 3.01. The van der Waals surface area contributed by atoms with Gasteiger partial charge in [-0.05, 0) is 37.6 Å². The van der Waals surface area contributed by atoms with Crippen LogP contribution < -0.4 is 5.32 Å². The van der Waals surface area contributed by atoms with E-state index >= 15 is 0 Å². The fourth-order valence-corrected chi connectivity index (χ4v) is 3.41. The number of hydrogen-bond acceptors (Lipinski definition) is 6. The van der Waals surface area contributed by atoms with Gasteiger partial charge in [0.2, 0.25) is 0 Å². The van der Waals surface area contributed by atoms with Gasteiger partial charge in [0.15, 0.2) is 5.82 Å². The molecule has 6 nitrogen and oxygen atoms in total. The highest BCUT2D eigenvalue weighted by Crippen LogP contribution is 2.36. The lowest BCUT2D eigenvalue weighted by Crippen LogP contribution is -2.47. The first kappa shape index (κ1) is 16.0. The zero-order valence-corrected chi connectivity index (χ0v) is 14.2. The number of halogens is 1. The first-order valence-corrected chi connectivity index (χ1v) is 8.36. The highest BCUT2D eigenvalue weighted by atomic mass is 19.1. The normalized spacial score (nSPS) is 20.8. The van der Waals surface area contributed by atoms with E-state index in [1.165, 1.54) is 6.07 Å². The number of aryl methyl sites for hydroxylation is 2. The molecule has 2 aliphatic rings. The minimum atomic E-state index is -0.308. The number of benzene rings is 1. The van der Waals surface area contributed by atoms with Crippen molar-refractivity contribution in [3.05, 3.63) is 40.8 Å². The van der Waals surface area contributed by atoms with Crippen LogP contribution in [0.2, 0.25) is 0 Å². The van der Waals surface area contributed by atoms with E-state index in [9.17, 15) is 9.18 Å². The third-order valence-corrected chi connectivity index (χ3v) is 4.65. The highest BCUT2D eigenvalue weighted by Gasteiger charge is 2.33. The van der Waals surface area contributed by atoms with Crippen molar-refractivity contribution in [2.24, 2.45) is 0 Å². The van der Waals surface area contributed by atoms with Crippen LogP contribution in [0.25, 0.3) is 11.6 Å². The highest BCUT2D eigenvalue weighted by molar-refractivity contribution is 5.90. The molecule has 1 aromatic heterocycles. The summed E-state index contributed by atoms with van der Waals surface area (Å²) < 4.78 is 19.8. The lowest BCUT2D eigenvalue weighted by Gasteiger charge is -2.38. The second-order valence-corrected chi connectivity index (χ2v) is 6.58. The molecule has 0 saturated carbocycles. The fraction of sp³-hybridized carbons (Fsp3) is 0.389. The molecule has 0 bridgehead atoms. The molecule has 0 spiro atoms. The fourth-order valence-electron chi connectivity index (χ4n) is 3.41. The van der Waals surface area contributed by atoms with Gasteiger partial charge in [0, 0.05) is 31.5 Å². The average molecular weight is 342 g/mol. The van der Waals surface area contributed by atoms with Gasteiger partial charge in [-0.1, -0.05) is 5.16 Å². The van der Waals surface area contributed by atoms with Gasteiger partial charge in [0.05, 0.1) is 11.3 Å². The predicted molar refractivity (Wildman–Crippen MR) is 91.3 cm³/mol. The van der Waals surface area contributed by atoms with E-state index in [1.54, 1.807) is 6.92 Å². The molecule has 0 radical (unpaired) electrons. The van der Waals surface area contributed by atoms with Crippen molar-refractivity contribution in [1.29, 1.82) is 0 Å². The lowest BCUT2D eigenvalue weighted by atomic mass is 9.97. The number of fused-ring (bicyclic) bond motifs is 1. The number of nitrogens with one attached hydrogen (secondary N) is 1. The first-order valence-electron chi connectivity index (χ1n) is 8.36. The maximum Gasteiger partial charge on any atom is 0.257 e. The molecule has 3 heterocycles. The molecular weight excluding hydrogens is 323 g/mol. The van der Waals surface area contributed by atoms with Crippen LogP contribution in [0.5, 0.6) is 0 Å². The Labute approximate surface area is 144 Å². The van der Waals surface area contributed by atoms with E-state index in [0.717, 1.165) is 16.7 Å². The Balaban J connectivity index is 1.78. The Morgan fingerprint density at radius 3 is 2.72 bits per heavy atom. The lowest BCUT2D eigenvalue weighted by molar-refractivity contribution is -0.121. The zero-order chi connectivity index (χ0) is 17.6. The molecule has 2 aliphatic heterocycles. The van der Waals surface area contributed by atoms with Crippen LogP contribution in [0.1, 0.15) is 35.7 Å². The van der Waals surface area contributed by atoms with E-state index in [4.69, 9.17) is 4.52 Å². The molecule has 1 atom stereocenters. The summed E-state index contributed by atoms with van der Waals surface area (Å²) in [5, 5.41) is 7.15. The van der Waals surface area contributed by atoms with Gasteiger partial charge < -0.3 is 9.84 Å². The molecule has 25 heavy (non-hydrogen) atoms. The van der Waals surface area contributed by atoms with Gasteiger partial charge in [0.25, 0.3) is 5.89 Å². The van der Waals surface area contributed by atoms with Gasteiger partial charge >= 0.3 is 0 Å². The van der Waals surface area contributed by atoms with Crippen LogP contribution in [0.4, 0.5) is 10.1 Å². The van der Waals surface area contributed by atoms with Gasteiger partial charge in [0.1, 0.15) is 17.8 Å². The quantitative estimate of drug-likeness (QED) is 0.905. The number of nitrogens with zero attached hydrogens (tertiary/aromatic N) is 3. The van der Waals surface area contributed by atoms with Crippen LogP contribution in [-0.2, 0) is 4.79 Å². The van der Waals surface area contributed by atoms with Crippen molar-refractivity contribution in [2.45, 2.75) is 32.9 Å². The summed E-state index contributed by atoms with van der Waals surface area (Å²) in [6.45, 7) is 4.85. The van der Waals surface area contributed by atoms with Crippen LogP contribution in [0.3, 0.4) is 0 Å². The molecule has 7 heteroatoms. The monoisotopic (exact) mass is 342 g/mol. The summed E-state index contributed by atoms with van der Waals surface area (Å²) in [5.41, 5.74) is 2.87. The number of rotatable bonds is 2. The smallest absolute Gasteiger partial charge is 0.257 e. The third-order valence-electron chi connectivity index (χ3n) is 4.65. The molecule has 1 N–H and O–H groups in total. The predicted octanol–water partition coefficient (Wildman–Crippen LogP) is 2.78. The molecule has 1 aromatic carbocycles. The number of ketones is 1. The van der Waals surface area contributed by atoms with Gasteiger partial charge in [-0.2, -0.15) is 4.98 Å². The standard InChI is InChI=1S/C18H19FN4O2/c1-10-7-12-9-14(18-20-11(2)22-25-18)17(21-16(12)15(19)8-10)23-5-3-13(24)4-6-23/h7-9,17,21H,3-6H2,1-2H3.